The minimum absolute atomic E-state index is 0.276. The number of aliphatic hydroxyl groups is 2. The Hall–Kier alpha value is -1.43. The zero-order valence-electron chi connectivity index (χ0n) is 10.0. The van der Waals surface area contributed by atoms with Gasteiger partial charge in [-0.1, -0.05) is 18.2 Å². The third kappa shape index (κ3) is 2.53. The van der Waals surface area contributed by atoms with Crippen LogP contribution in [0.3, 0.4) is 0 Å². The number of hydrogen-bond acceptors (Lipinski definition) is 4. The molecule has 5 heteroatoms. The van der Waals surface area contributed by atoms with Gasteiger partial charge in [-0.15, -0.1) is 11.3 Å². The molecule has 0 saturated carbocycles. The molecule has 0 bridgehead atoms. The fraction of sp³-hybridized carbons (Fsp3) is 0.308. The lowest BCUT2D eigenvalue weighted by Gasteiger charge is -2.25. The molecule has 0 saturated heterocycles. The molecule has 2 rings (SSSR count). The molecule has 0 spiro atoms. The minimum Gasteiger partial charge on any atom is -0.394 e. The maximum Gasteiger partial charge on any atom is 0.261 e. The second-order valence-corrected chi connectivity index (χ2v) is 5.56. The molecular weight excluding hydrogens is 250 g/mol. The average Bonchev–Trinajstić information content (AvgIpc) is 2.82. The first-order valence-electron chi connectivity index (χ1n) is 5.61. The van der Waals surface area contributed by atoms with E-state index in [0.29, 0.717) is 4.88 Å². The molecule has 0 unspecified atom stereocenters. The van der Waals surface area contributed by atoms with E-state index in [1.807, 2.05) is 30.3 Å². The van der Waals surface area contributed by atoms with Crippen LogP contribution in [0.2, 0.25) is 0 Å². The number of fused-ring (bicyclic) bond motifs is 1. The standard InChI is InChI=1S/C13H15NO3S/c1-13(7-15,8-16)14-12(17)11-6-9-4-2-3-5-10(9)18-11/h2-6,15-16H,7-8H2,1H3,(H,14,17). The molecule has 96 valence electrons. The monoisotopic (exact) mass is 265 g/mol. The number of aliphatic hydroxyl groups excluding tert-OH is 2. The Kier molecular flexibility index (Phi) is 3.65. The van der Waals surface area contributed by atoms with Crippen LogP contribution < -0.4 is 5.32 Å². The van der Waals surface area contributed by atoms with E-state index in [1.54, 1.807) is 6.92 Å². The Morgan fingerprint density at radius 3 is 2.61 bits per heavy atom. The molecule has 4 nitrogen and oxygen atoms in total. The summed E-state index contributed by atoms with van der Waals surface area (Å²) in [5, 5.41) is 22.0. The van der Waals surface area contributed by atoms with Gasteiger partial charge in [0, 0.05) is 4.70 Å². The van der Waals surface area contributed by atoms with E-state index in [9.17, 15) is 4.79 Å². The summed E-state index contributed by atoms with van der Waals surface area (Å²) in [4.78, 5) is 12.6. The number of carbonyl (C=O) groups excluding carboxylic acids is 1. The summed E-state index contributed by atoms with van der Waals surface area (Å²) in [6, 6.07) is 9.55. The molecule has 18 heavy (non-hydrogen) atoms. The molecule has 0 aliphatic heterocycles. The Bertz CT molecular complexity index is 527. The number of thiophene rings is 1. The van der Waals surface area contributed by atoms with Crippen LogP contribution in [0.5, 0.6) is 0 Å². The summed E-state index contributed by atoms with van der Waals surface area (Å²) in [5.74, 6) is -0.276. The average molecular weight is 265 g/mol. The molecule has 1 heterocycles. The molecule has 2 aromatic rings. The lowest BCUT2D eigenvalue weighted by atomic mass is 10.1. The molecule has 0 radical (unpaired) electrons. The summed E-state index contributed by atoms with van der Waals surface area (Å²) in [6.07, 6.45) is 0. The van der Waals surface area contributed by atoms with Gasteiger partial charge in [-0.05, 0) is 24.4 Å². The summed E-state index contributed by atoms with van der Waals surface area (Å²) in [7, 11) is 0. The van der Waals surface area contributed by atoms with E-state index in [1.165, 1.54) is 11.3 Å². The van der Waals surface area contributed by atoms with E-state index in [-0.39, 0.29) is 19.1 Å². The van der Waals surface area contributed by atoms with Crippen LogP contribution in [0, 0.1) is 0 Å². The Morgan fingerprint density at radius 1 is 1.33 bits per heavy atom. The zero-order chi connectivity index (χ0) is 13.2. The molecular formula is C13H15NO3S. The lowest BCUT2D eigenvalue weighted by Crippen LogP contribution is -2.51. The van der Waals surface area contributed by atoms with Crippen LogP contribution >= 0.6 is 11.3 Å². The molecule has 1 aromatic heterocycles. The highest BCUT2D eigenvalue weighted by Crippen LogP contribution is 2.25. The quantitative estimate of drug-likeness (QED) is 0.782. The van der Waals surface area contributed by atoms with Crippen molar-refractivity contribution in [1.82, 2.24) is 5.32 Å². The normalized spacial score (nSPS) is 11.7. The van der Waals surface area contributed by atoms with Crippen molar-refractivity contribution in [2.24, 2.45) is 0 Å². The maximum absolute atomic E-state index is 12.0. The smallest absolute Gasteiger partial charge is 0.261 e. The highest BCUT2D eigenvalue weighted by atomic mass is 32.1. The van der Waals surface area contributed by atoms with Crippen molar-refractivity contribution >= 4 is 27.3 Å². The predicted molar refractivity (Wildman–Crippen MR) is 71.9 cm³/mol. The molecule has 0 aliphatic carbocycles. The number of benzene rings is 1. The lowest BCUT2D eigenvalue weighted by molar-refractivity contribution is 0.0727. The second kappa shape index (κ2) is 5.06. The van der Waals surface area contributed by atoms with E-state index in [4.69, 9.17) is 10.2 Å². The van der Waals surface area contributed by atoms with Gasteiger partial charge >= 0.3 is 0 Å². The third-order valence-corrected chi connectivity index (χ3v) is 3.88. The zero-order valence-corrected chi connectivity index (χ0v) is 10.8. The number of hydrogen-bond donors (Lipinski definition) is 3. The molecule has 3 N–H and O–H groups in total. The number of rotatable bonds is 4. The summed E-state index contributed by atoms with van der Waals surface area (Å²) < 4.78 is 1.04. The van der Waals surface area contributed by atoms with E-state index in [2.05, 4.69) is 5.32 Å². The van der Waals surface area contributed by atoms with E-state index < -0.39 is 5.54 Å². The van der Waals surface area contributed by atoms with Crippen LogP contribution in [0.4, 0.5) is 0 Å². The number of amides is 1. The fourth-order valence-corrected chi connectivity index (χ4v) is 2.52. The van der Waals surface area contributed by atoms with Crippen molar-refractivity contribution in [3.8, 4) is 0 Å². The fourth-order valence-electron chi connectivity index (χ4n) is 1.56. The molecule has 0 fully saturated rings. The number of carbonyl (C=O) groups is 1. The summed E-state index contributed by atoms with van der Waals surface area (Å²) >= 11 is 1.39. The molecule has 0 aliphatic rings. The van der Waals surface area contributed by atoms with E-state index >= 15 is 0 Å². The van der Waals surface area contributed by atoms with Gasteiger partial charge in [0.15, 0.2) is 0 Å². The Labute approximate surface area is 109 Å². The van der Waals surface area contributed by atoms with Crippen molar-refractivity contribution in [2.75, 3.05) is 13.2 Å². The van der Waals surface area contributed by atoms with Gasteiger partial charge in [0.2, 0.25) is 0 Å². The van der Waals surface area contributed by atoms with Crippen LogP contribution in [0.25, 0.3) is 10.1 Å². The van der Waals surface area contributed by atoms with Gasteiger partial charge in [-0.3, -0.25) is 4.79 Å². The van der Waals surface area contributed by atoms with Crippen molar-refractivity contribution in [3.63, 3.8) is 0 Å². The van der Waals surface area contributed by atoms with Gasteiger partial charge in [0.25, 0.3) is 5.91 Å². The van der Waals surface area contributed by atoms with Crippen molar-refractivity contribution in [2.45, 2.75) is 12.5 Å². The molecule has 1 amide bonds. The first kappa shape index (κ1) is 13.0. The first-order chi connectivity index (χ1) is 8.58. The van der Waals surface area contributed by atoms with Gasteiger partial charge < -0.3 is 15.5 Å². The molecule has 0 atom stereocenters. The SMILES string of the molecule is CC(CO)(CO)NC(=O)c1cc2ccccc2s1. The Morgan fingerprint density at radius 2 is 2.00 bits per heavy atom. The van der Waals surface area contributed by atoms with Crippen molar-refractivity contribution in [3.05, 3.63) is 35.2 Å². The summed E-state index contributed by atoms with van der Waals surface area (Å²) in [5.41, 5.74) is -0.993. The molecule has 1 aromatic carbocycles. The predicted octanol–water partition coefficient (Wildman–Crippen LogP) is 1.37. The topological polar surface area (TPSA) is 69.6 Å². The van der Waals surface area contributed by atoms with Crippen LogP contribution in [-0.4, -0.2) is 34.9 Å². The highest BCUT2D eigenvalue weighted by Gasteiger charge is 2.25. The van der Waals surface area contributed by atoms with Crippen molar-refractivity contribution < 1.29 is 15.0 Å². The van der Waals surface area contributed by atoms with Gasteiger partial charge in [-0.2, -0.15) is 0 Å². The Balaban J connectivity index is 2.23. The minimum atomic E-state index is -0.993. The summed E-state index contributed by atoms with van der Waals surface area (Å²) in [6.45, 7) is 0.985. The van der Waals surface area contributed by atoms with E-state index in [0.717, 1.165) is 10.1 Å². The second-order valence-electron chi connectivity index (χ2n) is 4.48. The van der Waals surface area contributed by atoms with Crippen molar-refractivity contribution in [1.29, 1.82) is 0 Å². The third-order valence-electron chi connectivity index (χ3n) is 2.76. The maximum atomic E-state index is 12.0. The highest BCUT2D eigenvalue weighted by molar-refractivity contribution is 7.20. The van der Waals surface area contributed by atoms with Gasteiger partial charge in [0.05, 0.1) is 23.6 Å². The van der Waals surface area contributed by atoms with Crippen LogP contribution in [0.1, 0.15) is 16.6 Å². The van der Waals surface area contributed by atoms with Gasteiger partial charge in [0.1, 0.15) is 0 Å². The number of nitrogens with one attached hydrogen (secondary N) is 1. The largest absolute Gasteiger partial charge is 0.394 e. The first-order valence-corrected chi connectivity index (χ1v) is 6.42. The van der Waals surface area contributed by atoms with Crippen LogP contribution in [-0.2, 0) is 0 Å². The van der Waals surface area contributed by atoms with Crippen LogP contribution in [0.15, 0.2) is 30.3 Å². The van der Waals surface area contributed by atoms with Gasteiger partial charge in [-0.25, -0.2) is 0 Å².